The smallest absolute Gasteiger partial charge is 0.229 e. The molecule has 2 saturated heterocycles. The zero-order valence-corrected chi connectivity index (χ0v) is 19.7. The molecule has 3 heterocycles. The van der Waals surface area contributed by atoms with Gasteiger partial charge in [-0.3, -0.25) is 14.6 Å². The van der Waals surface area contributed by atoms with Gasteiger partial charge in [-0.1, -0.05) is 18.2 Å². The lowest BCUT2D eigenvalue weighted by Gasteiger charge is -2.44. The van der Waals surface area contributed by atoms with Crippen molar-refractivity contribution in [2.24, 2.45) is 11.3 Å². The van der Waals surface area contributed by atoms with E-state index in [0.717, 1.165) is 38.0 Å². The molecule has 4 rings (SSSR count). The molecule has 0 bridgehead atoms. The van der Waals surface area contributed by atoms with Gasteiger partial charge >= 0.3 is 0 Å². The van der Waals surface area contributed by atoms with Gasteiger partial charge in [0.2, 0.25) is 11.8 Å². The van der Waals surface area contributed by atoms with Crippen LogP contribution in [0.2, 0.25) is 0 Å². The van der Waals surface area contributed by atoms with Crippen molar-refractivity contribution in [3.05, 3.63) is 65.2 Å². The maximum atomic E-state index is 14.5. The molecule has 0 aliphatic carbocycles. The molecule has 2 fully saturated rings. The van der Waals surface area contributed by atoms with E-state index in [2.05, 4.69) is 17.1 Å². The summed E-state index contributed by atoms with van der Waals surface area (Å²) in [5, 5.41) is 0. The normalized spacial score (nSPS) is 18.9. The van der Waals surface area contributed by atoms with E-state index < -0.39 is 5.41 Å². The van der Waals surface area contributed by atoms with Gasteiger partial charge in [0.25, 0.3) is 0 Å². The standard InChI is InChI=1S/C27H34FN3O2/c1-20-17-23(7-12-29-20)18-22-8-13-31(14-9-22)26(33)27(10-15-30(16-11-27)21(2)32)19-24-5-3-4-6-25(24)28/h3-7,12,17,22H,8-11,13-16,18-19H2,1-2H3. The highest BCUT2D eigenvalue weighted by Gasteiger charge is 2.45. The molecule has 6 heteroatoms. The van der Waals surface area contributed by atoms with E-state index in [-0.39, 0.29) is 17.6 Å². The number of amides is 2. The molecular formula is C27H34FN3O2. The average Bonchev–Trinajstić information content (AvgIpc) is 2.81. The number of nitrogens with zero attached hydrogens (tertiary/aromatic N) is 3. The highest BCUT2D eigenvalue weighted by molar-refractivity contribution is 5.84. The Morgan fingerprint density at radius 3 is 2.39 bits per heavy atom. The first-order valence-electron chi connectivity index (χ1n) is 12.1. The predicted octanol–water partition coefficient (Wildman–Crippen LogP) is 4.18. The Kier molecular flexibility index (Phi) is 7.11. The molecule has 0 saturated carbocycles. The fourth-order valence-corrected chi connectivity index (χ4v) is 5.46. The summed E-state index contributed by atoms with van der Waals surface area (Å²) in [5.74, 6) is 0.462. The van der Waals surface area contributed by atoms with E-state index in [0.29, 0.717) is 43.8 Å². The molecule has 0 N–H and O–H groups in total. The van der Waals surface area contributed by atoms with Crippen molar-refractivity contribution in [1.29, 1.82) is 0 Å². The number of likely N-dealkylation sites (tertiary alicyclic amines) is 2. The van der Waals surface area contributed by atoms with Gasteiger partial charge in [-0.05, 0) is 80.7 Å². The molecule has 0 radical (unpaired) electrons. The van der Waals surface area contributed by atoms with Gasteiger partial charge in [-0.25, -0.2) is 4.39 Å². The second-order valence-corrected chi connectivity index (χ2v) is 9.80. The maximum Gasteiger partial charge on any atom is 0.229 e. The van der Waals surface area contributed by atoms with Crippen molar-refractivity contribution in [3.63, 3.8) is 0 Å². The second kappa shape index (κ2) is 10.0. The molecule has 2 aromatic rings. The van der Waals surface area contributed by atoms with Gasteiger partial charge < -0.3 is 9.80 Å². The van der Waals surface area contributed by atoms with Crippen molar-refractivity contribution in [2.45, 2.75) is 52.4 Å². The number of rotatable bonds is 5. The van der Waals surface area contributed by atoms with Crippen LogP contribution in [0.15, 0.2) is 42.6 Å². The lowest BCUT2D eigenvalue weighted by molar-refractivity contribution is -0.149. The second-order valence-electron chi connectivity index (χ2n) is 9.80. The number of piperidine rings is 2. The van der Waals surface area contributed by atoms with E-state index >= 15 is 0 Å². The highest BCUT2D eigenvalue weighted by atomic mass is 19.1. The van der Waals surface area contributed by atoms with Crippen molar-refractivity contribution >= 4 is 11.8 Å². The monoisotopic (exact) mass is 451 g/mol. The molecule has 1 aromatic carbocycles. The molecule has 5 nitrogen and oxygen atoms in total. The van der Waals surface area contributed by atoms with Crippen LogP contribution < -0.4 is 0 Å². The summed E-state index contributed by atoms with van der Waals surface area (Å²) in [6, 6.07) is 11.0. The van der Waals surface area contributed by atoms with Crippen LogP contribution in [0.5, 0.6) is 0 Å². The number of halogens is 1. The van der Waals surface area contributed by atoms with Crippen LogP contribution in [0.3, 0.4) is 0 Å². The van der Waals surface area contributed by atoms with Crippen molar-refractivity contribution in [1.82, 2.24) is 14.8 Å². The molecule has 2 aliphatic heterocycles. The molecule has 2 amide bonds. The van der Waals surface area contributed by atoms with Gasteiger partial charge in [-0.15, -0.1) is 0 Å². The number of aromatic nitrogens is 1. The van der Waals surface area contributed by atoms with Crippen LogP contribution in [-0.4, -0.2) is 52.8 Å². The summed E-state index contributed by atoms with van der Waals surface area (Å²) in [5.41, 5.74) is 2.28. The quantitative estimate of drug-likeness (QED) is 0.685. The van der Waals surface area contributed by atoms with Crippen molar-refractivity contribution in [3.8, 4) is 0 Å². The zero-order chi connectivity index (χ0) is 23.4. The number of carbonyl (C=O) groups is 2. The van der Waals surface area contributed by atoms with Crippen molar-refractivity contribution < 1.29 is 14.0 Å². The summed E-state index contributed by atoms with van der Waals surface area (Å²) in [7, 11) is 0. The average molecular weight is 452 g/mol. The number of aryl methyl sites for hydroxylation is 1. The lowest BCUT2D eigenvalue weighted by Crippen LogP contribution is -2.53. The van der Waals surface area contributed by atoms with Crippen LogP contribution in [0, 0.1) is 24.1 Å². The van der Waals surface area contributed by atoms with E-state index in [1.54, 1.807) is 24.0 Å². The molecule has 0 atom stereocenters. The van der Waals surface area contributed by atoms with Crippen LogP contribution in [-0.2, 0) is 22.4 Å². The molecule has 0 spiro atoms. The lowest BCUT2D eigenvalue weighted by atomic mass is 9.72. The fourth-order valence-electron chi connectivity index (χ4n) is 5.46. The Morgan fingerprint density at radius 1 is 1.06 bits per heavy atom. The van der Waals surface area contributed by atoms with Gasteiger partial charge in [0, 0.05) is 45.0 Å². The molecular weight excluding hydrogens is 417 g/mol. The third kappa shape index (κ3) is 5.43. The fraction of sp³-hybridized carbons (Fsp3) is 0.519. The summed E-state index contributed by atoms with van der Waals surface area (Å²) < 4.78 is 14.5. The number of benzene rings is 1. The Hall–Kier alpha value is -2.76. The van der Waals surface area contributed by atoms with Crippen LogP contribution >= 0.6 is 0 Å². The zero-order valence-electron chi connectivity index (χ0n) is 19.7. The topological polar surface area (TPSA) is 53.5 Å². The molecule has 176 valence electrons. The first-order chi connectivity index (χ1) is 15.9. The van der Waals surface area contributed by atoms with E-state index in [1.165, 1.54) is 11.6 Å². The third-order valence-corrected chi connectivity index (χ3v) is 7.49. The Labute approximate surface area is 196 Å². The van der Waals surface area contributed by atoms with E-state index in [1.807, 2.05) is 24.1 Å². The summed E-state index contributed by atoms with van der Waals surface area (Å²) in [6.07, 6.45) is 6.37. The maximum absolute atomic E-state index is 14.5. The van der Waals surface area contributed by atoms with Gasteiger partial charge in [0.1, 0.15) is 5.82 Å². The summed E-state index contributed by atoms with van der Waals surface area (Å²) in [4.78, 5) is 33.8. The number of carbonyl (C=O) groups excluding carboxylic acids is 2. The van der Waals surface area contributed by atoms with Crippen LogP contribution in [0.4, 0.5) is 4.39 Å². The highest BCUT2D eigenvalue weighted by Crippen LogP contribution is 2.39. The first kappa shape index (κ1) is 23.4. The molecule has 2 aliphatic rings. The van der Waals surface area contributed by atoms with Gasteiger partial charge in [-0.2, -0.15) is 0 Å². The van der Waals surface area contributed by atoms with E-state index in [4.69, 9.17) is 0 Å². The first-order valence-corrected chi connectivity index (χ1v) is 12.1. The molecule has 1 aromatic heterocycles. The Balaban J connectivity index is 1.45. The van der Waals surface area contributed by atoms with E-state index in [9.17, 15) is 14.0 Å². The Morgan fingerprint density at radius 2 is 1.76 bits per heavy atom. The number of hydrogen-bond acceptors (Lipinski definition) is 3. The summed E-state index contributed by atoms with van der Waals surface area (Å²) in [6.45, 7) is 6.16. The largest absolute Gasteiger partial charge is 0.343 e. The summed E-state index contributed by atoms with van der Waals surface area (Å²) >= 11 is 0. The third-order valence-electron chi connectivity index (χ3n) is 7.49. The SMILES string of the molecule is CC(=O)N1CCC(Cc2ccccc2F)(C(=O)N2CCC(Cc3ccnc(C)c3)CC2)CC1. The van der Waals surface area contributed by atoms with Crippen LogP contribution in [0.1, 0.15) is 49.4 Å². The minimum atomic E-state index is -0.650. The van der Waals surface area contributed by atoms with Crippen molar-refractivity contribution in [2.75, 3.05) is 26.2 Å². The minimum Gasteiger partial charge on any atom is -0.343 e. The van der Waals surface area contributed by atoms with Gasteiger partial charge in [0.15, 0.2) is 0 Å². The molecule has 33 heavy (non-hydrogen) atoms. The van der Waals surface area contributed by atoms with Gasteiger partial charge in [0.05, 0.1) is 5.41 Å². The number of hydrogen-bond donors (Lipinski definition) is 0. The van der Waals surface area contributed by atoms with Crippen LogP contribution in [0.25, 0.3) is 0 Å². The Bertz CT molecular complexity index is 992. The predicted molar refractivity (Wildman–Crippen MR) is 126 cm³/mol. The number of pyridine rings is 1. The minimum absolute atomic E-state index is 0.0362. The molecule has 0 unspecified atom stereocenters.